The summed E-state index contributed by atoms with van der Waals surface area (Å²) in [5, 5.41) is 21.4. The maximum atomic E-state index is 11.9. The number of pyridine rings is 1. The Bertz CT molecular complexity index is 517. The highest BCUT2D eigenvalue weighted by atomic mass is 32.2. The van der Waals surface area contributed by atoms with Crippen molar-refractivity contribution in [2.45, 2.75) is 19.4 Å². The topological polar surface area (TPSA) is 99.5 Å². The maximum absolute atomic E-state index is 11.9. The smallest absolute Gasteiger partial charge is 0.337 e. The number of hydrogen-bond donors (Lipinski definition) is 3. The molecule has 1 aromatic rings. The van der Waals surface area contributed by atoms with E-state index in [9.17, 15) is 14.7 Å². The van der Waals surface area contributed by atoms with Crippen LogP contribution in [0.1, 0.15) is 33.5 Å². The lowest BCUT2D eigenvalue weighted by atomic mass is 10.1. The van der Waals surface area contributed by atoms with Crippen molar-refractivity contribution in [2.24, 2.45) is 0 Å². The number of aromatic carboxylic acids is 1. The van der Waals surface area contributed by atoms with Gasteiger partial charge in [-0.05, 0) is 32.2 Å². The van der Waals surface area contributed by atoms with E-state index in [0.717, 1.165) is 0 Å². The molecule has 0 aromatic carbocycles. The number of nitrogens with zero attached hydrogens (tertiary/aromatic N) is 1. The van der Waals surface area contributed by atoms with Crippen LogP contribution in [0.25, 0.3) is 0 Å². The molecule has 110 valence electrons. The van der Waals surface area contributed by atoms with Gasteiger partial charge in [0, 0.05) is 12.3 Å². The van der Waals surface area contributed by atoms with Crippen molar-refractivity contribution in [3.05, 3.63) is 29.1 Å². The Labute approximate surface area is 121 Å². The van der Waals surface area contributed by atoms with Crippen molar-refractivity contribution in [1.82, 2.24) is 10.3 Å². The summed E-state index contributed by atoms with van der Waals surface area (Å²) in [5.74, 6) is -1.02. The average Bonchev–Trinajstić information content (AvgIpc) is 2.35. The molecule has 0 spiro atoms. The molecular formula is C13H18N2O4S. The number of carbonyl (C=O) groups excluding carboxylic acids is 1. The molecule has 0 saturated heterocycles. The molecule has 1 amide bonds. The van der Waals surface area contributed by atoms with Crippen LogP contribution in [0.5, 0.6) is 0 Å². The fourth-order valence-corrected chi connectivity index (χ4v) is 2.36. The lowest BCUT2D eigenvalue weighted by molar-refractivity contribution is 0.0694. The van der Waals surface area contributed by atoms with Crippen LogP contribution < -0.4 is 5.32 Å². The number of amides is 1. The van der Waals surface area contributed by atoms with Gasteiger partial charge in [-0.15, -0.1) is 0 Å². The molecule has 0 aliphatic carbocycles. The first kappa shape index (κ1) is 16.5. The zero-order valence-electron chi connectivity index (χ0n) is 11.6. The summed E-state index contributed by atoms with van der Waals surface area (Å²) in [6.07, 6.45) is 1.87. The van der Waals surface area contributed by atoms with E-state index in [0.29, 0.717) is 5.75 Å². The molecule has 0 aliphatic rings. The first-order valence-electron chi connectivity index (χ1n) is 5.97. The molecule has 20 heavy (non-hydrogen) atoms. The second kappa shape index (κ2) is 6.71. The fourth-order valence-electron chi connectivity index (χ4n) is 1.64. The molecule has 6 nitrogen and oxygen atoms in total. The fraction of sp³-hybridized carbons (Fsp3) is 0.462. The van der Waals surface area contributed by atoms with Gasteiger partial charge in [-0.25, -0.2) is 9.78 Å². The van der Waals surface area contributed by atoms with Crippen molar-refractivity contribution >= 4 is 23.6 Å². The Hall–Kier alpha value is -1.60. The number of carbonyl (C=O) groups is 2. The Balaban J connectivity index is 2.74. The van der Waals surface area contributed by atoms with Crippen molar-refractivity contribution < 1.29 is 19.8 Å². The minimum absolute atomic E-state index is 0.0657. The van der Waals surface area contributed by atoms with E-state index in [4.69, 9.17) is 5.11 Å². The van der Waals surface area contributed by atoms with Gasteiger partial charge in [-0.1, -0.05) is 0 Å². The molecule has 1 aromatic heterocycles. The molecule has 0 bridgehead atoms. The summed E-state index contributed by atoms with van der Waals surface area (Å²) in [5.41, 5.74) is -0.519. The maximum Gasteiger partial charge on any atom is 0.337 e. The van der Waals surface area contributed by atoms with Gasteiger partial charge in [0.15, 0.2) is 0 Å². The van der Waals surface area contributed by atoms with Gasteiger partial charge in [0.05, 0.1) is 16.9 Å². The highest BCUT2D eigenvalue weighted by Crippen LogP contribution is 2.10. The quantitative estimate of drug-likeness (QED) is 0.722. The molecule has 1 atom stereocenters. The van der Waals surface area contributed by atoms with Gasteiger partial charge in [0.25, 0.3) is 5.91 Å². The van der Waals surface area contributed by atoms with E-state index in [-0.39, 0.29) is 23.5 Å². The molecule has 0 aliphatic heterocycles. The van der Waals surface area contributed by atoms with Crippen molar-refractivity contribution in [2.75, 3.05) is 18.6 Å². The number of nitrogens with one attached hydrogen (secondary N) is 1. The Morgan fingerprint density at radius 3 is 2.60 bits per heavy atom. The average molecular weight is 298 g/mol. The normalized spacial score (nSPS) is 13.6. The third kappa shape index (κ3) is 4.50. The predicted octanol–water partition coefficient (Wildman–Crippen LogP) is 0.932. The number of thioether (sulfide) groups is 1. The Morgan fingerprint density at radius 2 is 2.10 bits per heavy atom. The van der Waals surface area contributed by atoms with E-state index < -0.39 is 17.5 Å². The number of hydrogen-bond acceptors (Lipinski definition) is 5. The van der Waals surface area contributed by atoms with E-state index >= 15 is 0 Å². The van der Waals surface area contributed by atoms with E-state index in [2.05, 4.69) is 10.3 Å². The summed E-state index contributed by atoms with van der Waals surface area (Å²) in [4.78, 5) is 26.7. The third-order valence-corrected chi connectivity index (χ3v) is 3.54. The van der Waals surface area contributed by atoms with Crippen LogP contribution in [0.15, 0.2) is 12.1 Å². The first-order valence-corrected chi connectivity index (χ1v) is 7.36. The van der Waals surface area contributed by atoms with Gasteiger partial charge in [0.2, 0.25) is 0 Å². The summed E-state index contributed by atoms with van der Waals surface area (Å²) >= 11 is 1.48. The summed E-state index contributed by atoms with van der Waals surface area (Å²) in [6.45, 7) is 3.27. The molecule has 3 N–H and O–H groups in total. The van der Waals surface area contributed by atoms with Gasteiger partial charge in [0.1, 0.15) is 5.69 Å². The van der Waals surface area contributed by atoms with Crippen LogP contribution >= 0.6 is 11.8 Å². The highest BCUT2D eigenvalue weighted by Gasteiger charge is 2.21. The van der Waals surface area contributed by atoms with Crippen LogP contribution in [0.2, 0.25) is 0 Å². The lowest BCUT2D eigenvalue weighted by Crippen LogP contribution is -2.42. The van der Waals surface area contributed by atoms with Crippen LogP contribution in [-0.4, -0.2) is 51.2 Å². The van der Waals surface area contributed by atoms with E-state index in [1.165, 1.54) is 30.8 Å². The molecule has 0 saturated carbocycles. The van der Waals surface area contributed by atoms with Crippen molar-refractivity contribution in [3.8, 4) is 0 Å². The zero-order chi connectivity index (χ0) is 15.3. The van der Waals surface area contributed by atoms with Gasteiger partial charge in [-0.2, -0.15) is 11.8 Å². The molecule has 7 heteroatoms. The Morgan fingerprint density at radius 1 is 1.45 bits per heavy atom. The molecule has 1 unspecified atom stereocenters. The largest absolute Gasteiger partial charge is 0.478 e. The minimum atomic E-state index is -1.08. The zero-order valence-corrected chi connectivity index (χ0v) is 12.5. The monoisotopic (exact) mass is 298 g/mol. The summed E-state index contributed by atoms with van der Waals surface area (Å²) < 4.78 is 0. The SMILES string of the molecule is CSCC(C)(O)CNC(=O)c1ccc(C(=O)O)c(C)n1. The standard InChI is InChI=1S/C13H18N2O4S/c1-8-9(12(17)18)4-5-10(15-8)11(16)14-6-13(2,19)7-20-3/h4-5,19H,6-7H2,1-3H3,(H,14,16)(H,17,18). The van der Waals surface area contributed by atoms with Crippen molar-refractivity contribution in [3.63, 3.8) is 0 Å². The first-order chi connectivity index (χ1) is 9.26. The number of aromatic nitrogens is 1. The molecule has 0 radical (unpaired) electrons. The molecular weight excluding hydrogens is 280 g/mol. The summed E-state index contributed by atoms with van der Waals surface area (Å²) in [6, 6.07) is 2.70. The number of carboxylic acid groups (broad SMARTS) is 1. The second-order valence-corrected chi connectivity index (χ2v) is 5.61. The van der Waals surface area contributed by atoms with Gasteiger partial charge < -0.3 is 15.5 Å². The lowest BCUT2D eigenvalue weighted by Gasteiger charge is -2.22. The molecule has 0 fully saturated rings. The van der Waals surface area contributed by atoms with Gasteiger partial charge in [-0.3, -0.25) is 4.79 Å². The van der Waals surface area contributed by atoms with Crippen molar-refractivity contribution in [1.29, 1.82) is 0 Å². The number of aryl methyl sites for hydroxylation is 1. The minimum Gasteiger partial charge on any atom is -0.478 e. The highest BCUT2D eigenvalue weighted by molar-refractivity contribution is 7.98. The van der Waals surface area contributed by atoms with Crippen LogP contribution in [0.3, 0.4) is 0 Å². The number of rotatable bonds is 6. The Kier molecular flexibility index (Phi) is 5.52. The van der Waals surface area contributed by atoms with Gasteiger partial charge >= 0.3 is 5.97 Å². The van der Waals surface area contributed by atoms with Crippen LogP contribution in [0, 0.1) is 6.92 Å². The van der Waals surface area contributed by atoms with Crippen LogP contribution in [0.4, 0.5) is 0 Å². The molecule has 1 rings (SSSR count). The third-order valence-electron chi connectivity index (χ3n) is 2.63. The predicted molar refractivity (Wildman–Crippen MR) is 77.3 cm³/mol. The molecule has 1 heterocycles. The van der Waals surface area contributed by atoms with E-state index in [1.54, 1.807) is 6.92 Å². The number of carboxylic acids is 1. The number of aliphatic hydroxyl groups is 1. The van der Waals surface area contributed by atoms with Crippen LogP contribution in [-0.2, 0) is 0 Å². The summed E-state index contributed by atoms with van der Waals surface area (Å²) in [7, 11) is 0. The second-order valence-electron chi connectivity index (χ2n) is 4.75. The van der Waals surface area contributed by atoms with E-state index in [1.807, 2.05) is 6.26 Å².